The molecule has 0 bridgehead atoms. The van der Waals surface area contributed by atoms with E-state index in [0.29, 0.717) is 11.2 Å². The molecule has 0 aliphatic rings. The Morgan fingerprint density at radius 1 is 1.42 bits per heavy atom. The Bertz CT molecular complexity index is 560. The minimum atomic E-state index is -1.53. The van der Waals surface area contributed by atoms with Crippen LogP contribution < -0.4 is 10.2 Å². The summed E-state index contributed by atoms with van der Waals surface area (Å²) >= 11 is 3.25. The average molecular weight is 295 g/mol. The van der Waals surface area contributed by atoms with Gasteiger partial charge in [0.15, 0.2) is 0 Å². The van der Waals surface area contributed by atoms with Gasteiger partial charge >= 0.3 is 7.12 Å². The van der Waals surface area contributed by atoms with Crippen molar-refractivity contribution in [3.8, 4) is 5.75 Å². The second kappa shape index (κ2) is 6.43. The highest BCUT2D eigenvalue weighted by Crippen LogP contribution is 2.26. The van der Waals surface area contributed by atoms with E-state index in [1.807, 2.05) is 18.4 Å². The normalized spacial score (nSPS) is 10.5. The molecule has 1 aromatic heterocycles. The van der Waals surface area contributed by atoms with E-state index in [-0.39, 0.29) is 0 Å². The fourth-order valence-corrected chi connectivity index (χ4v) is 3.41. The van der Waals surface area contributed by atoms with E-state index in [1.165, 1.54) is 7.11 Å². The molecule has 7 heteroatoms. The number of nitrogens with zero attached hydrogens (tertiary/aromatic N) is 1. The zero-order valence-electron chi connectivity index (χ0n) is 10.7. The van der Waals surface area contributed by atoms with Crippen molar-refractivity contribution in [2.45, 2.75) is 17.0 Å². The van der Waals surface area contributed by atoms with Crippen LogP contribution in [0.15, 0.2) is 27.9 Å². The summed E-state index contributed by atoms with van der Waals surface area (Å²) in [6.07, 6.45) is 0. The lowest BCUT2D eigenvalue weighted by Crippen LogP contribution is -2.31. The summed E-state index contributed by atoms with van der Waals surface area (Å²) in [5.41, 5.74) is 2.41. The van der Waals surface area contributed by atoms with E-state index in [4.69, 9.17) is 4.74 Å². The van der Waals surface area contributed by atoms with Gasteiger partial charge in [-0.3, -0.25) is 0 Å². The molecule has 4 nitrogen and oxygen atoms in total. The summed E-state index contributed by atoms with van der Waals surface area (Å²) in [5, 5.41) is 20.6. The van der Waals surface area contributed by atoms with Crippen molar-refractivity contribution in [2.24, 2.45) is 0 Å². The maximum absolute atomic E-state index is 9.31. The van der Waals surface area contributed by atoms with Crippen LogP contribution in [0, 0.1) is 6.92 Å². The number of aromatic nitrogens is 1. The Hall–Kier alpha value is -1.02. The van der Waals surface area contributed by atoms with Crippen molar-refractivity contribution >= 4 is 35.7 Å². The first kappa shape index (κ1) is 14.4. The molecule has 0 aliphatic carbocycles. The summed E-state index contributed by atoms with van der Waals surface area (Å²) in [4.78, 5) is 4.38. The molecule has 0 saturated carbocycles. The van der Waals surface area contributed by atoms with E-state index in [1.54, 1.807) is 35.2 Å². The first-order valence-corrected chi connectivity index (χ1v) is 7.54. The van der Waals surface area contributed by atoms with Crippen molar-refractivity contribution in [2.75, 3.05) is 7.11 Å². The van der Waals surface area contributed by atoms with Gasteiger partial charge in [-0.1, -0.05) is 23.9 Å². The van der Waals surface area contributed by atoms with Crippen LogP contribution in [0.1, 0.15) is 11.3 Å². The fraction of sp³-hybridized carbons (Fsp3) is 0.250. The van der Waals surface area contributed by atoms with Gasteiger partial charge in [0.1, 0.15) is 10.1 Å². The van der Waals surface area contributed by atoms with Gasteiger partial charge in [0.2, 0.25) is 0 Å². The van der Waals surface area contributed by atoms with Crippen molar-refractivity contribution < 1.29 is 14.8 Å². The summed E-state index contributed by atoms with van der Waals surface area (Å²) in [6.45, 7) is 1.97. The summed E-state index contributed by atoms with van der Waals surface area (Å²) in [7, 11) is -0.0180. The molecule has 0 amide bonds. The topological polar surface area (TPSA) is 62.6 Å². The van der Waals surface area contributed by atoms with E-state index in [2.05, 4.69) is 4.98 Å². The minimum absolute atomic E-state index is 0.385. The first-order valence-electron chi connectivity index (χ1n) is 5.68. The molecular weight excluding hydrogens is 281 g/mol. The lowest BCUT2D eigenvalue weighted by atomic mass is 9.79. The molecule has 0 saturated heterocycles. The predicted molar refractivity (Wildman–Crippen MR) is 79.2 cm³/mol. The molecule has 0 spiro atoms. The quantitative estimate of drug-likeness (QED) is 0.645. The smallest absolute Gasteiger partial charge is 0.492 e. The van der Waals surface area contributed by atoms with Gasteiger partial charge in [-0.05, 0) is 18.6 Å². The van der Waals surface area contributed by atoms with E-state index in [9.17, 15) is 10.0 Å². The maximum Gasteiger partial charge on any atom is 0.492 e. The third-order valence-corrected chi connectivity index (χ3v) is 4.74. The number of aryl methyl sites for hydroxylation is 1. The predicted octanol–water partition coefficient (Wildman–Crippen LogP) is 1.43. The molecule has 0 aliphatic heterocycles. The van der Waals surface area contributed by atoms with Crippen LogP contribution in [0.3, 0.4) is 0 Å². The van der Waals surface area contributed by atoms with Gasteiger partial charge < -0.3 is 14.8 Å². The largest absolute Gasteiger partial charge is 0.497 e. The van der Waals surface area contributed by atoms with E-state index >= 15 is 0 Å². The molecule has 1 aromatic carbocycles. The highest BCUT2D eigenvalue weighted by molar-refractivity contribution is 8.00. The van der Waals surface area contributed by atoms with Crippen molar-refractivity contribution in [3.63, 3.8) is 0 Å². The van der Waals surface area contributed by atoms with Crippen LogP contribution in [-0.2, 0) is 5.75 Å². The second-order valence-corrected chi connectivity index (χ2v) is 6.07. The third-order valence-electron chi connectivity index (χ3n) is 2.53. The average Bonchev–Trinajstić information content (AvgIpc) is 2.81. The van der Waals surface area contributed by atoms with Crippen LogP contribution >= 0.6 is 23.1 Å². The number of methoxy groups -OCH3 is 1. The van der Waals surface area contributed by atoms with Crippen LogP contribution in [0.5, 0.6) is 5.75 Å². The van der Waals surface area contributed by atoms with Crippen molar-refractivity contribution in [1.29, 1.82) is 0 Å². The summed E-state index contributed by atoms with van der Waals surface area (Å²) in [6, 6.07) is 5.41. The molecule has 0 fully saturated rings. The van der Waals surface area contributed by atoms with E-state index < -0.39 is 7.12 Å². The van der Waals surface area contributed by atoms with Gasteiger partial charge in [0.25, 0.3) is 0 Å². The van der Waals surface area contributed by atoms with Gasteiger partial charge in [-0.15, -0.1) is 11.3 Å². The molecule has 0 unspecified atom stereocenters. The standard InChI is InChI=1S/C12H14BNO3S2/c1-8-6-18-12(14-8)19-7-9-3-4-11(17-2)10(5-9)13(15)16/h3-6,15-16H,7H2,1-2H3. The zero-order chi connectivity index (χ0) is 13.8. The Morgan fingerprint density at radius 2 is 2.21 bits per heavy atom. The summed E-state index contributed by atoms with van der Waals surface area (Å²) < 4.78 is 6.10. The summed E-state index contributed by atoms with van der Waals surface area (Å²) in [5.74, 6) is 1.21. The Kier molecular flexibility index (Phi) is 4.87. The molecule has 2 N–H and O–H groups in total. The minimum Gasteiger partial charge on any atom is -0.497 e. The van der Waals surface area contributed by atoms with Gasteiger partial charge in [-0.25, -0.2) is 4.98 Å². The first-order chi connectivity index (χ1) is 9.10. The molecule has 0 atom stereocenters. The van der Waals surface area contributed by atoms with Crippen molar-refractivity contribution in [1.82, 2.24) is 4.98 Å². The Labute approximate surface area is 120 Å². The highest BCUT2D eigenvalue weighted by Gasteiger charge is 2.17. The van der Waals surface area contributed by atoms with Crippen molar-refractivity contribution in [3.05, 3.63) is 34.8 Å². The lowest BCUT2D eigenvalue weighted by Gasteiger charge is -2.09. The molecular formula is C12H14BNO3S2. The van der Waals surface area contributed by atoms with Crippen LogP contribution in [0.2, 0.25) is 0 Å². The zero-order valence-corrected chi connectivity index (χ0v) is 12.3. The molecule has 2 aromatic rings. The number of thiazole rings is 1. The maximum atomic E-state index is 9.31. The molecule has 1 heterocycles. The van der Waals surface area contributed by atoms with Gasteiger partial charge in [-0.2, -0.15) is 0 Å². The lowest BCUT2D eigenvalue weighted by molar-refractivity contribution is 0.403. The number of benzene rings is 1. The number of hydrogen-bond acceptors (Lipinski definition) is 6. The van der Waals surface area contributed by atoms with Crippen LogP contribution in [0.4, 0.5) is 0 Å². The molecule has 19 heavy (non-hydrogen) atoms. The van der Waals surface area contributed by atoms with Gasteiger partial charge in [0, 0.05) is 22.3 Å². The Morgan fingerprint density at radius 3 is 2.79 bits per heavy atom. The highest BCUT2D eigenvalue weighted by atomic mass is 32.2. The van der Waals surface area contributed by atoms with E-state index in [0.717, 1.165) is 21.3 Å². The molecule has 100 valence electrons. The van der Waals surface area contributed by atoms with Crippen LogP contribution in [0.25, 0.3) is 0 Å². The Balaban J connectivity index is 2.10. The molecule has 0 radical (unpaired) electrons. The third kappa shape index (κ3) is 3.73. The number of ether oxygens (including phenoxy) is 1. The van der Waals surface area contributed by atoms with Gasteiger partial charge in [0.05, 0.1) is 7.11 Å². The molecule has 2 rings (SSSR count). The SMILES string of the molecule is COc1ccc(CSc2nc(C)cs2)cc1B(O)O. The second-order valence-electron chi connectivity index (χ2n) is 3.99. The number of hydrogen-bond donors (Lipinski definition) is 2. The number of thioether (sulfide) groups is 1. The van der Waals surface area contributed by atoms with Crippen LogP contribution in [-0.4, -0.2) is 29.3 Å². The monoisotopic (exact) mass is 295 g/mol. The fourth-order valence-electron chi connectivity index (χ4n) is 1.62. The number of rotatable bonds is 5.